The minimum absolute atomic E-state index is 0.0173. The first kappa shape index (κ1) is 29.7. The number of aliphatic hydroxyl groups is 2. The fourth-order valence-corrected chi connectivity index (χ4v) is 5.01. The molecule has 2 aromatic carbocycles. The number of alkyl halides is 3. The van der Waals surface area contributed by atoms with Gasteiger partial charge in [-0.2, -0.15) is 13.2 Å². The number of halogens is 5. The number of ether oxygens (including phenoxy) is 2. The molecule has 2 aliphatic rings. The van der Waals surface area contributed by atoms with Gasteiger partial charge in [0.25, 0.3) is 5.91 Å². The third-order valence-electron chi connectivity index (χ3n) is 7.85. The fraction of sp³-hybridized carbons (Fsp3) is 0.323. The molecule has 0 unspecified atom stereocenters. The number of hydrogen-bond donors (Lipinski definition) is 3. The Morgan fingerprint density at radius 3 is 2.59 bits per heavy atom. The SMILES string of the molecule is C[C@]1(CO)COc2c1cc([C@@](O)(CNC(=O)c1cc(OC3CC3)c3ncccc3c1)C(F)(F)F)nc2-c1ccc(F)c(F)c1. The molecule has 1 fully saturated rings. The van der Waals surface area contributed by atoms with Crippen molar-refractivity contribution >= 4 is 16.8 Å². The van der Waals surface area contributed by atoms with Crippen molar-refractivity contribution in [1.29, 1.82) is 0 Å². The van der Waals surface area contributed by atoms with Crippen molar-refractivity contribution in [3.05, 3.63) is 83.2 Å². The minimum Gasteiger partial charge on any atom is -0.490 e. The van der Waals surface area contributed by atoms with E-state index in [1.165, 1.54) is 19.1 Å². The number of aliphatic hydroxyl groups excluding tert-OH is 1. The molecule has 2 atom stereocenters. The van der Waals surface area contributed by atoms with Gasteiger partial charge < -0.3 is 25.0 Å². The van der Waals surface area contributed by atoms with Gasteiger partial charge in [0.2, 0.25) is 5.60 Å². The van der Waals surface area contributed by atoms with Crippen LogP contribution in [0.1, 0.15) is 41.4 Å². The second kappa shape index (κ2) is 10.7. The summed E-state index contributed by atoms with van der Waals surface area (Å²) >= 11 is 0. The molecule has 6 rings (SSSR count). The Morgan fingerprint density at radius 2 is 1.91 bits per heavy atom. The molecule has 0 bridgehead atoms. The van der Waals surface area contributed by atoms with Crippen LogP contribution in [-0.2, 0) is 11.0 Å². The van der Waals surface area contributed by atoms with Crippen LogP contribution in [0.3, 0.4) is 0 Å². The molecule has 230 valence electrons. The van der Waals surface area contributed by atoms with E-state index in [1.807, 2.05) is 0 Å². The number of aromatic nitrogens is 2. The lowest BCUT2D eigenvalue weighted by Crippen LogP contribution is -2.51. The topological polar surface area (TPSA) is 114 Å². The van der Waals surface area contributed by atoms with E-state index in [1.54, 1.807) is 18.3 Å². The van der Waals surface area contributed by atoms with Gasteiger partial charge in [-0.1, -0.05) is 6.07 Å². The Morgan fingerprint density at radius 1 is 1.14 bits per heavy atom. The molecule has 2 aromatic heterocycles. The average Bonchev–Trinajstić information content (AvgIpc) is 3.76. The van der Waals surface area contributed by atoms with Crippen LogP contribution in [0.5, 0.6) is 11.5 Å². The van der Waals surface area contributed by atoms with Crippen LogP contribution >= 0.6 is 0 Å². The molecule has 13 heteroatoms. The molecule has 1 saturated carbocycles. The van der Waals surface area contributed by atoms with Crippen molar-refractivity contribution in [2.75, 3.05) is 19.8 Å². The number of nitrogens with zero attached hydrogens (tertiary/aromatic N) is 2. The van der Waals surface area contributed by atoms with Crippen LogP contribution in [0.4, 0.5) is 22.0 Å². The van der Waals surface area contributed by atoms with Crippen LogP contribution in [0.2, 0.25) is 0 Å². The molecular weight excluding hydrogens is 589 g/mol. The zero-order chi connectivity index (χ0) is 31.4. The van der Waals surface area contributed by atoms with E-state index in [2.05, 4.69) is 15.3 Å². The van der Waals surface area contributed by atoms with Gasteiger partial charge in [0.15, 0.2) is 11.6 Å². The number of amides is 1. The number of hydrogen-bond acceptors (Lipinski definition) is 7. The summed E-state index contributed by atoms with van der Waals surface area (Å²) in [6.45, 7) is -0.505. The first-order chi connectivity index (χ1) is 20.8. The Balaban J connectivity index is 1.40. The smallest absolute Gasteiger partial charge is 0.424 e. The van der Waals surface area contributed by atoms with Gasteiger partial charge in [0, 0.05) is 28.3 Å². The Labute approximate surface area is 247 Å². The van der Waals surface area contributed by atoms with Crippen LogP contribution < -0.4 is 14.8 Å². The molecular formula is C31H26F5N3O5. The summed E-state index contributed by atoms with van der Waals surface area (Å²) in [6, 6.07) is 9.72. The van der Waals surface area contributed by atoms with E-state index in [9.17, 15) is 37.0 Å². The zero-order valence-corrected chi connectivity index (χ0v) is 23.2. The highest BCUT2D eigenvalue weighted by Gasteiger charge is 2.57. The van der Waals surface area contributed by atoms with E-state index in [-0.39, 0.29) is 40.8 Å². The molecule has 1 amide bonds. The summed E-state index contributed by atoms with van der Waals surface area (Å²) in [5.74, 6) is -3.13. The number of benzene rings is 2. The second-order valence-electron chi connectivity index (χ2n) is 11.3. The van der Waals surface area contributed by atoms with Crippen LogP contribution in [0, 0.1) is 11.6 Å². The van der Waals surface area contributed by atoms with Crippen LogP contribution in [0.15, 0.2) is 54.7 Å². The van der Waals surface area contributed by atoms with E-state index in [0.29, 0.717) is 16.7 Å². The van der Waals surface area contributed by atoms with Gasteiger partial charge >= 0.3 is 6.18 Å². The summed E-state index contributed by atoms with van der Waals surface area (Å²) < 4.78 is 83.4. The van der Waals surface area contributed by atoms with Gasteiger partial charge in [-0.15, -0.1) is 0 Å². The third kappa shape index (κ3) is 5.19. The van der Waals surface area contributed by atoms with E-state index < -0.39 is 53.6 Å². The molecule has 1 aliphatic heterocycles. The summed E-state index contributed by atoms with van der Waals surface area (Å²) in [5, 5.41) is 24.0. The first-order valence-electron chi connectivity index (χ1n) is 13.7. The molecule has 1 aliphatic carbocycles. The number of fused-ring (bicyclic) bond motifs is 2. The number of carbonyl (C=O) groups excluding carboxylic acids is 1. The maximum atomic E-state index is 14.7. The van der Waals surface area contributed by atoms with Crippen molar-refractivity contribution in [3.8, 4) is 22.8 Å². The monoisotopic (exact) mass is 615 g/mol. The maximum absolute atomic E-state index is 14.7. The molecule has 3 heterocycles. The highest BCUT2D eigenvalue weighted by atomic mass is 19.4. The van der Waals surface area contributed by atoms with Crippen LogP contribution in [-0.4, -0.2) is 58.1 Å². The Kier molecular flexibility index (Phi) is 7.20. The largest absolute Gasteiger partial charge is 0.490 e. The van der Waals surface area contributed by atoms with Gasteiger partial charge in [-0.25, -0.2) is 13.8 Å². The van der Waals surface area contributed by atoms with Gasteiger partial charge in [0.05, 0.1) is 30.4 Å². The first-order valence-corrected chi connectivity index (χ1v) is 13.7. The van der Waals surface area contributed by atoms with Gasteiger partial charge in [-0.3, -0.25) is 9.78 Å². The number of nitrogens with one attached hydrogen (secondary N) is 1. The van der Waals surface area contributed by atoms with Crippen molar-refractivity contribution in [1.82, 2.24) is 15.3 Å². The van der Waals surface area contributed by atoms with Gasteiger partial charge in [0.1, 0.15) is 29.3 Å². The minimum atomic E-state index is -5.37. The van der Waals surface area contributed by atoms with Crippen molar-refractivity contribution in [2.45, 2.75) is 43.1 Å². The third-order valence-corrected chi connectivity index (χ3v) is 7.85. The quantitative estimate of drug-likeness (QED) is 0.241. The summed E-state index contributed by atoms with van der Waals surface area (Å²) in [5.41, 5.74) is -5.75. The van der Waals surface area contributed by atoms with Gasteiger partial charge in [-0.05, 0) is 62.2 Å². The highest BCUT2D eigenvalue weighted by molar-refractivity contribution is 6.00. The van der Waals surface area contributed by atoms with E-state index >= 15 is 0 Å². The fourth-order valence-electron chi connectivity index (χ4n) is 5.01. The van der Waals surface area contributed by atoms with Crippen LogP contribution in [0.25, 0.3) is 22.2 Å². The molecule has 0 radical (unpaired) electrons. The number of rotatable bonds is 8. The molecule has 4 aromatic rings. The lowest BCUT2D eigenvalue weighted by molar-refractivity contribution is -0.265. The molecule has 0 spiro atoms. The normalized spacial score (nSPS) is 19.3. The summed E-state index contributed by atoms with van der Waals surface area (Å²) in [6.07, 6.45) is -2.21. The second-order valence-corrected chi connectivity index (χ2v) is 11.3. The Hall–Kier alpha value is -4.36. The molecule has 3 N–H and O–H groups in total. The Bertz CT molecular complexity index is 1780. The standard InChI is InChI=1S/C31H26F5N3O5/c1-29(14-40)15-43-27-20(29)12-24(39-26(27)17-4-7-21(32)22(33)10-17)30(42,31(34,35)36)13-38-28(41)18-9-16-3-2-8-37-25(16)23(11-18)44-19-5-6-19/h2-4,7-12,19,40,42H,5-6,13-15H2,1H3,(H,38,41)/t29-,30-/m0/s1. The highest BCUT2D eigenvalue weighted by Crippen LogP contribution is 2.47. The zero-order valence-electron chi connectivity index (χ0n) is 23.2. The lowest BCUT2D eigenvalue weighted by Gasteiger charge is -2.31. The van der Waals surface area contributed by atoms with Crippen molar-refractivity contribution in [2.24, 2.45) is 0 Å². The van der Waals surface area contributed by atoms with E-state index in [0.717, 1.165) is 37.1 Å². The van der Waals surface area contributed by atoms with E-state index in [4.69, 9.17) is 9.47 Å². The molecule has 0 saturated heterocycles. The summed E-state index contributed by atoms with van der Waals surface area (Å²) in [4.78, 5) is 21.5. The van der Waals surface area contributed by atoms with Crippen molar-refractivity contribution in [3.63, 3.8) is 0 Å². The summed E-state index contributed by atoms with van der Waals surface area (Å²) in [7, 11) is 0. The predicted octanol–water partition coefficient (Wildman–Crippen LogP) is 4.94. The lowest BCUT2D eigenvalue weighted by atomic mass is 9.83. The average molecular weight is 616 g/mol. The molecule has 44 heavy (non-hydrogen) atoms. The molecule has 8 nitrogen and oxygen atoms in total. The number of pyridine rings is 2. The predicted molar refractivity (Wildman–Crippen MR) is 147 cm³/mol. The number of carbonyl (C=O) groups is 1. The van der Waals surface area contributed by atoms with Crippen molar-refractivity contribution < 1.29 is 46.4 Å². The maximum Gasteiger partial charge on any atom is 0.424 e.